The summed E-state index contributed by atoms with van der Waals surface area (Å²) in [5, 5.41) is -4.10. The van der Waals surface area contributed by atoms with Crippen LogP contribution in [0, 0.1) is 0 Å². The number of para-hydroxylation sites is 1. The van der Waals surface area contributed by atoms with Crippen molar-refractivity contribution in [2.75, 3.05) is 0 Å². The predicted molar refractivity (Wildman–Crippen MR) is 258 cm³/mol. The first-order valence-corrected chi connectivity index (χ1v) is 21.6. The zero-order valence-electron chi connectivity index (χ0n) is 60.0. The Bertz CT molecular complexity index is 4740. The average Bonchev–Trinajstić information content (AvgIpc) is 1.65. The molecule has 10 aromatic rings. The highest BCUT2D eigenvalue weighted by Gasteiger charge is 2.44. The van der Waals surface area contributed by atoms with Gasteiger partial charge >= 0.3 is 0 Å². The van der Waals surface area contributed by atoms with Crippen LogP contribution in [0.5, 0.6) is 0 Å². The molecular weight excluding hydrogens is 747 g/mol. The van der Waals surface area contributed by atoms with Crippen molar-refractivity contribution in [1.29, 1.82) is 0 Å². The average molecular weight is 822 g/mol. The van der Waals surface area contributed by atoms with Crippen LogP contribution in [0.1, 0.15) is 90.0 Å². The summed E-state index contributed by atoms with van der Waals surface area (Å²) in [5.74, 6) is 0. The second-order valence-corrected chi connectivity index (χ2v) is 20.4. The van der Waals surface area contributed by atoms with Crippen LogP contribution in [0.25, 0.3) is 58.8 Å². The van der Waals surface area contributed by atoms with Crippen molar-refractivity contribution in [2.45, 2.75) is 51.4 Å². The molecule has 0 spiro atoms. The van der Waals surface area contributed by atoms with Crippen LogP contribution in [-0.2, 0) is 10.8 Å². The third-order valence-electron chi connectivity index (χ3n) is 11.5. The van der Waals surface area contributed by atoms with Gasteiger partial charge in [-0.15, -0.1) is 11.3 Å². The van der Waals surface area contributed by atoms with Crippen LogP contribution in [-0.4, -0.2) is 12.6 Å². The molecule has 0 fully saturated rings. The van der Waals surface area contributed by atoms with Crippen molar-refractivity contribution >= 4 is 82.1 Å². The SMILES string of the molecule is [2H]c1c([2H])c([2H])c([Si](c2ccc3c(c2)C(C)(C)CCC3(C)C)(c2c([2H])c([2H])c([2H])c([2H])c2[2H])c2c([2H])c([2H])c([2H])c(-n3c4c([2H])c([2H])c([2H])c([2H])c4c4c([2H])c(-c5c([2H])c([2H])c6sc7c([2H])c([2H])c([2H])c([2H])c7c6c5[2H])c([2H])c([2H])c43)c2[2H])c([2H])c1[2H]. The molecule has 0 saturated carbocycles. The third-order valence-corrected chi connectivity index (χ3v) is 16.7. The standard InChI is InChI=1S/C56H47NSSi/c1-55(2)32-33-56(3,4)50-37-44(28-29-49(50)55)59(41-17-7-5-8-18-41,42-19-9-6-10-20-42)43-21-15-16-40(36-43)57-51-24-13-11-22-45(51)47-34-38(26-30-52(47)57)39-27-31-54-48(35-39)46-23-12-14-25-53(46)58-54/h5-31,34-37H,32-33H2,1-4H3/i5D,6D,7D,8D,9D,10D,11D,12D,13D,14D,15D,16D,17D,18D,19D,20D,21D,22D,23D,24D,25D,26D,27D,30D,31D,34D,35D,36D. The van der Waals surface area contributed by atoms with Crippen molar-refractivity contribution < 1.29 is 38.4 Å². The van der Waals surface area contributed by atoms with E-state index in [0.717, 1.165) is 10.1 Å². The Morgan fingerprint density at radius 1 is 0.475 bits per heavy atom. The molecule has 8 aromatic carbocycles. The van der Waals surface area contributed by atoms with Crippen LogP contribution in [0.3, 0.4) is 0 Å². The second kappa shape index (κ2) is 13.5. The van der Waals surface area contributed by atoms with Gasteiger partial charge in [0.2, 0.25) is 0 Å². The molecule has 0 saturated heterocycles. The summed E-state index contributed by atoms with van der Waals surface area (Å²) in [5.41, 5.74) is -3.63. The summed E-state index contributed by atoms with van der Waals surface area (Å²) >= 11 is 0.710. The molecule has 11 rings (SSSR count). The van der Waals surface area contributed by atoms with Crippen LogP contribution < -0.4 is 20.7 Å². The van der Waals surface area contributed by atoms with Gasteiger partial charge in [0.1, 0.15) is 0 Å². The summed E-state index contributed by atoms with van der Waals surface area (Å²) in [6.07, 6.45) is 1.23. The molecule has 0 bridgehead atoms. The molecular formula is C56H47NSSi. The molecule has 0 atom stereocenters. The van der Waals surface area contributed by atoms with Crippen LogP contribution >= 0.6 is 11.3 Å². The van der Waals surface area contributed by atoms with Crippen molar-refractivity contribution in [1.82, 2.24) is 4.57 Å². The topological polar surface area (TPSA) is 4.93 Å². The zero-order chi connectivity index (χ0) is 64.3. The van der Waals surface area contributed by atoms with Crippen LogP contribution in [0.15, 0.2) is 187 Å². The molecule has 2 aromatic heterocycles. The Balaban J connectivity index is 1.41. The van der Waals surface area contributed by atoms with Crippen molar-refractivity contribution in [3.05, 3.63) is 199 Å². The monoisotopic (exact) mass is 821 g/mol. The molecule has 59 heavy (non-hydrogen) atoms. The van der Waals surface area contributed by atoms with Gasteiger partial charge in [0.15, 0.2) is 8.07 Å². The molecule has 2 heterocycles. The summed E-state index contributed by atoms with van der Waals surface area (Å²) < 4.78 is 263. The van der Waals surface area contributed by atoms with Gasteiger partial charge in [-0.1, -0.05) is 167 Å². The van der Waals surface area contributed by atoms with Gasteiger partial charge in [0.25, 0.3) is 0 Å². The highest BCUT2D eigenvalue weighted by molar-refractivity contribution is 7.25. The quantitative estimate of drug-likeness (QED) is 0.116. The molecule has 1 aliphatic carbocycles. The van der Waals surface area contributed by atoms with E-state index >= 15 is 0 Å². The van der Waals surface area contributed by atoms with E-state index < -0.39 is 242 Å². The highest BCUT2D eigenvalue weighted by Crippen LogP contribution is 2.45. The first-order chi connectivity index (χ1) is 40.4. The van der Waals surface area contributed by atoms with Gasteiger partial charge in [-0.05, 0) is 115 Å². The lowest BCUT2D eigenvalue weighted by Gasteiger charge is -2.43. The maximum atomic E-state index is 10.7. The minimum Gasteiger partial charge on any atom is -0.309 e. The lowest BCUT2D eigenvalue weighted by Crippen LogP contribution is -2.75. The summed E-state index contributed by atoms with van der Waals surface area (Å²) in [4.78, 5) is 0. The fourth-order valence-electron chi connectivity index (χ4n) is 8.43. The Hall–Kier alpha value is -6.00. The molecule has 1 aliphatic rings. The van der Waals surface area contributed by atoms with Gasteiger partial charge in [-0.25, -0.2) is 0 Å². The van der Waals surface area contributed by atoms with E-state index in [-0.39, 0.29) is 25.4 Å². The molecule has 0 unspecified atom stereocenters. The largest absolute Gasteiger partial charge is 0.309 e. The summed E-state index contributed by atoms with van der Waals surface area (Å²) in [6.45, 7) is 7.82. The summed E-state index contributed by atoms with van der Waals surface area (Å²) in [6, 6.07) is -20.5. The Kier molecular flexibility index (Phi) is 3.97. The van der Waals surface area contributed by atoms with Gasteiger partial charge in [-0.3, -0.25) is 0 Å². The third kappa shape index (κ3) is 5.63. The smallest absolute Gasteiger partial charge is 0.179 e. The Morgan fingerprint density at radius 2 is 1.05 bits per heavy atom. The first-order valence-electron chi connectivity index (χ1n) is 32.8. The molecule has 3 heteroatoms. The number of thiophene rings is 1. The van der Waals surface area contributed by atoms with E-state index in [1.807, 2.05) is 27.7 Å². The number of rotatable bonds is 6. The molecule has 0 aliphatic heterocycles. The molecule has 0 N–H and O–H groups in total. The number of fused-ring (bicyclic) bond motifs is 7. The lowest BCUT2D eigenvalue weighted by molar-refractivity contribution is 0.332. The maximum Gasteiger partial charge on any atom is 0.179 e. The fourth-order valence-corrected chi connectivity index (χ4v) is 13.2. The van der Waals surface area contributed by atoms with Crippen molar-refractivity contribution in [2.24, 2.45) is 0 Å². The zero-order valence-corrected chi connectivity index (χ0v) is 33.8. The van der Waals surface area contributed by atoms with Crippen molar-refractivity contribution in [3.8, 4) is 16.8 Å². The second-order valence-electron chi connectivity index (χ2n) is 15.8. The van der Waals surface area contributed by atoms with E-state index in [1.54, 1.807) is 12.1 Å². The molecule has 1 nitrogen and oxygen atoms in total. The van der Waals surface area contributed by atoms with E-state index in [4.69, 9.17) is 16.4 Å². The van der Waals surface area contributed by atoms with E-state index in [1.165, 1.54) is 6.07 Å². The summed E-state index contributed by atoms with van der Waals surface area (Å²) in [7, 11) is -5.81. The number of hydrogen-bond donors (Lipinski definition) is 0. The van der Waals surface area contributed by atoms with E-state index in [9.17, 15) is 21.9 Å². The minimum absolute atomic E-state index is 0.0729. The Morgan fingerprint density at radius 3 is 1.80 bits per heavy atom. The van der Waals surface area contributed by atoms with Gasteiger partial charge in [0, 0.05) is 36.6 Å². The molecule has 286 valence electrons. The van der Waals surface area contributed by atoms with Gasteiger partial charge in [0.05, 0.1) is 49.4 Å². The van der Waals surface area contributed by atoms with Gasteiger partial charge in [-0.2, -0.15) is 0 Å². The fraction of sp³-hybridized carbons (Fsp3) is 0.143. The van der Waals surface area contributed by atoms with Crippen LogP contribution in [0.2, 0.25) is 0 Å². The Labute approximate surface area is 391 Å². The minimum atomic E-state index is -5.81. The van der Waals surface area contributed by atoms with E-state index in [0.29, 0.717) is 29.7 Å². The first kappa shape index (κ1) is 17.3. The van der Waals surface area contributed by atoms with Crippen LogP contribution in [0.4, 0.5) is 0 Å². The highest BCUT2D eigenvalue weighted by atomic mass is 32.1. The molecule has 0 amide bonds. The molecule has 0 radical (unpaired) electrons. The maximum absolute atomic E-state index is 10.7. The van der Waals surface area contributed by atoms with Crippen molar-refractivity contribution in [3.63, 3.8) is 0 Å². The number of benzene rings is 8. The van der Waals surface area contributed by atoms with Gasteiger partial charge < -0.3 is 4.57 Å². The number of nitrogens with zero attached hydrogens (tertiary/aromatic N) is 1. The normalized spacial score (nSPS) is 21.6. The van der Waals surface area contributed by atoms with E-state index in [2.05, 4.69) is 0 Å². The number of aromatic nitrogens is 1. The predicted octanol–water partition coefficient (Wildman–Crippen LogP) is 12.5. The number of hydrogen-bond acceptors (Lipinski definition) is 1. The lowest BCUT2D eigenvalue weighted by atomic mass is 9.63.